The first-order chi connectivity index (χ1) is 16.5. The quantitative estimate of drug-likeness (QED) is 0.154. The van der Waals surface area contributed by atoms with Crippen molar-refractivity contribution in [1.29, 1.82) is 0 Å². The highest BCUT2D eigenvalue weighted by Crippen LogP contribution is 2.13. The molecule has 0 spiro atoms. The lowest BCUT2D eigenvalue weighted by Crippen LogP contribution is -2.27. The van der Waals surface area contributed by atoms with Gasteiger partial charge in [-0.05, 0) is 12.8 Å². The van der Waals surface area contributed by atoms with E-state index in [1.807, 2.05) is 0 Å². The van der Waals surface area contributed by atoms with Crippen molar-refractivity contribution in [3.05, 3.63) is 0 Å². The molecule has 0 saturated heterocycles. The Morgan fingerprint density at radius 3 is 1.35 bits per heavy atom. The Morgan fingerprint density at radius 2 is 0.941 bits per heavy atom. The topological polar surface area (TPSA) is 114 Å². The zero-order valence-corrected chi connectivity index (χ0v) is 21.5. The fourth-order valence-electron chi connectivity index (χ4n) is 3.66. The van der Waals surface area contributed by atoms with E-state index in [1.165, 1.54) is 64.7 Å². The fraction of sp³-hybridized carbons (Fsp3) is 0.885. The Bertz CT molecular complexity index is 502. The molecule has 0 aromatic heterocycles. The van der Waals surface area contributed by atoms with Gasteiger partial charge in [-0.2, -0.15) is 0 Å². The number of amides is 2. The molecule has 0 rings (SSSR count). The number of ether oxygens (including phenoxy) is 2. The molecule has 8 nitrogen and oxygen atoms in total. The van der Waals surface area contributed by atoms with Crippen LogP contribution in [0.15, 0.2) is 0 Å². The number of rotatable bonds is 26. The third-order valence-electron chi connectivity index (χ3n) is 5.61. The number of carbonyl (C=O) groups is 3. The van der Waals surface area contributed by atoms with Crippen molar-refractivity contribution < 1.29 is 29.0 Å². The van der Waals surface area contributed by atoms with E-state index in [2.05, 4.69) is 10.6 Å². The SMILES string of the molecule is CC(=O)NCCOCCOCCNC(=O)CCCCCCCCCCCCCCCCC(=O)O. The second-order valence-corrected chi connectivity index (χ2v) is 8.90. The van der Waals surface area contributed by atoms with Gasteiger partial charge in [-0.3, -0.25) is 14.4 Å². The number of aliphatic carboxylic acids is 1. The fourth-order valence-corrected chi connectivity index (χ4v) is 3.66. The lowest BCUT2D eigenvalue weighted by Gasteiger charge is -2.07. The van der Waals surface area contributed by atoms with Gasteiger partial charge in [0.2, 0.25) is 11.8 Å². The predicted octanol–water partition coefficient (Wildman–Crippen LogP) is 4.60. The standard InChI is InChI=1S/C26H50N2O6/c1-24(29)27-18-20-33-22-23-34-21-19-28-25(30)16-14-12-10-8-6-4-2-3-5-7-9-11-13-15-17-26(31)32/h2-23H2,1H3,(H,27,29)(H,28,30)(H,31,32). The summed E-state index contributed by atoms with van der Waals surface area (Å²) in [7, 11) is 0. The van der Waals surface area contributed by atoms with E-state index in [0.29, 0.717) is 52.4 Å². The van der Waals surface area contributed by atoms with Crippen LogP contribution in [0.3, 0.4) is 0 Å². The van der Waals surface area contributed by atoms with Gasteiger partial charge in [-0.1, -0.05) is 77.0 Å². The second-order valence-electron chi connectivity index (χ2n) is 8.90. The maximum absolute atomic E-state index is 11.8. The average molecular weight is 487 g/mol. The average Bonchev–Trinajstić information content (AvgIpc) is 2.79. The van der Waals surface area contributed by atoms with E-state index in [-0.39, 0.29) is 11.8 Å². The highest BCUT2D eigenvalue weighted by Gasteiger charge is 2.01. The van der Waals surface area contributed by atoms with E-state index in [1.54, 1.807) is 0 Å². The number of carboxylic acids is 1. The van der Waals surface area contributed by atoms with E-state index >= 15 is 0 Å². The summed E-state index contributed by atoms with van der Waals surface area (Å²) >= 11 is 0. The Morgan fingerprint density at radius 1 is 0.559 bits per heavy atom. The molecule has 0 aromatic carbocycles. The number of hydrogen-bond acceptors (Lipinski definition) is 5. The van der Waals surface area contributed by atoms with Crippen LogP contribution < -0.4 is 10.6 Å². The summed E-state index contributed by atoms with van der Waals surface area (Å²) in [5.41, 5.74) is 0. The van der Waals surface area contributed by atoms with Crippen LogP contribution in [-0.2, 0) is 23.9 Å². The Hall–Kier alpha value is -1.67. The summed E-state index contributed by atoms with van der Waals surface area (Å²) in [5.74, 6) is -0.648. The molecule has 0 unspecified atom stereocenters. The molecule has 2 amide bonds. The first-order valence-electron chi connectivity index (χ1n) is 13.4. The van der Waals surface area contributed by atoms with Gasteiger partial charge in [0.1, 0.15) is 0 Å². The van der Waals surface area contributed by atoms with E-state index in [0.717, 1.165) is 32.1 Å². The largest absolute Gasteiger partial charge is 0.481 e. The van der Waals surface area contributed by atoms with Gasteiger partial charge in [0.05, 0.1) is 26.4 Å². The monoisotopic (exact) mass is 486 g/mol. The lowest BCUT2D eigenvalue weighted by molar-refractivity contribution is -0.137. The molecule has 0 bridgehead atoms. The molecule has 0 radical (unpaired) electrons. The van der Waals surface area contributed by atoms with Crippen molar-refractivity contribution in [3.63, 3.8) is 0 Å². The maximum atomic E-state index is 11.8. The number of hydrogen-bond donors (Lipinski definition) is 3. The van der Waals surface area contributed by atoms with Gasteiger partial charge in [-0.25, -0.2) is 0 Å². The third kappa shape index (κ3) is 28.4. The molecule has 0 aliphatic rings. The van der Waals surface area contributed by atoms with Crippen molar-refractivity contribution in [2.24, 2.45) is 0 Å². The first kappa shape index (κ1) is 32.3. The van der Waals surface area contributed by atoms with Gasteiger partial charge < -0.3 is 25.2 Å². The van der Waals surface area contributed by atoms with Gasteiger partial charge >= 0.3 is 5.97 Å². The van der Waals surface area contributed by atoms with Crippen LogP contribution in [0.1, 0.15) is 110 Å². The molecular formula is C26H50N2O6. The molecule has 0 aromatic rings. The normalized spacial score (nSPS) is 10.9. The Labute approximate surface area is 206 Å². The van der Waals surface area contributed by atoms with Crippen molar-refractivity contribution in [2.45, 2.75) is 110 Å². The van der Waals surface area contributed by atoms with Gasteiger partial charge in [0, 0.05) is 32.9 Å². The minimum Gasteiger partial charge on any atom is -0.481 e. The number of carboxylic acid groups (broad SMARTS) is 1. The Balaban J connectivity index is 3.17. The van der Waals surface area contributed by atoms with Gasteiger partial charge in [-0.15, -0.1) is 0 Å². The molecule has 0 atom stereocenters. The molecule has 200 valence electrons. The van der Waals surface area contributed by atoms with Crippen LogP contribution in [-0.4, -0.2) is 62.4 Å². The molecule has 0 heterocycles. The Kier molecular flexibility index (Phi) is 24.7. The molecule has 0 saturated carbocycles. The highest BCUT2D eigenvalue weighted by atomic mass is 16.5. The predicted molar refractivity (Wildman–Crippen MR) is 135 cm³/mol. The zero-order valence-electron chi connectivity index (χ0n) is 21.5. The van der Waals surface area contributed by atoms with Crippen LogP contribution in [0.4, 0.5) is 0 Å². The number of nitrogens with one attached hydrogen (secondary N) is 2. The van der Waals surface area contributed by atoms with Crippen molar-refractivity contribution in [3.8, 4) is 0 Å². The van der Waals surface area contributed by atoms with Crippen LogP contribution in [0.25, 0.3) is 0 Å². The molecule has 34 heavy (non-hydrogen) atoms. The van der Waals surface area contributed by atoms with Crippen LogP contribution >= 0.6 is 0 Å². The van der Waals surface area contributed by atoms with E-state index in [4.69, 9.17) is 14.6 Å². The minimum atomic E-state index is -0.681. The van der Waals surface area contributed by atoms with Crippen LogP contribution in [0.5, 0.6) is 0 Å². The molecule has 0 aliphatic heterocycles. The van der Waals surface area contributed by atoms with Crippen molar-refractivity contribution in [1.82, 2.24) is 10.6 Å². The maximum Gasteiger partial charge on any atom is 0.303 e. The minimum absolute atomic E-state index is 0.0613. The van der Waals surface area contributed by atoms with E-state index in [9.17, 15) is 14.4 Å². The summed E-state index contributed by atoms with van der Waals surface area (Å²) in [6.45, 7) is 4.41. The van der Waals surface area contributed by atoms with Gasteiger partial charge in [0.15, 0.2) is 0 Å². The highest BCUT2D eigenvalue weighted by molar-refractivity contribution is 5.75. The second kappa shape index (κ2) is 25.9. The van der Waals surface area contributed by atoms with Crippen molar-refractivity contribution in [2.75, 3.05) is 39.5 Å². The third-order valence-corrected chi connectivity index (χ3v) is 5.61. The molecular weight excluding hydrogens is 436 g/mol. The van der Waals surface area contributed by atoms with Crippen molar-refractivity contribution >= 4 is 17.8 Å². The molecule has 8 heteroatoms. The lowest BCUT2D eigenvalue weighted by atomic mass is 10.0. The summed E-state index contributed by atoms with van der Waals surface area (Å²) in [4.78, 5) is 32.9. The smallest absolute Gasteiger partial charge is 0.303 e. The summed E-state index contributed by atoms with van der Waals surface area (Å²) < 4.78 is 10.7. The molecule has 3 N–H and O–H groups in total. The summed E-state index contributed by atoms with van der Waals surface area (Å²) in [6.07, 6.45) is 17.5. The number of carbonyl (C=O) groups excluding carboxylic acids is 2. The van der Waals surface area contributed by atoms with E-state index < -0.39 is 5.97 Å². The summed E-state index contributed by atoms with van der Waals surface area (Å²) in [6, 6.07) is 0. The molecule has 0 aliphatic carbocycles. The summed E-state index contributed by atoms with van der Waals surface area (Å²) in [5, 5.41) is 14.1. The number of unbranched alkanes of at least 4 members (excludes halogenated alkanes) is 13. The van der Waals surface area contributed by atoms with Crippen LogP contribution in [0, 0.1) is 0 Å². The van der Waals surface area contributed by atoms with Crippen LogP contribution in [0.2, 0.25) is 0 Å². The first-order valence-corrected chi connectivity index (χ1v) is 13.4. The van der Waals surface area contributed by atoms with Gasteiger partial charge in [0.25, 0.3) is 0 Å². The molecule has 0 fully saturated rings. The zero-order chi connectivity index (χ0) is 25.1.